The molecule has 1 aliphatic heterocycles. The van der Waals surface area contributed by atoms with Crippen molar-refractivity contribution in [2.24, 2.45) is 23.2 Å². The maximum atomic E-state index is 12.7. The first-order valence-electron chi connectivity index (χ1n) is 8.16. The zero-order valence-corrected chi connectivity index (χ0v) is 13.2. The van der Waals surface area contributed by atoms with Gasteiger partial charge in [-0.1, -0.05) is 27.7 Å². The lowest BCUT2D eigenvalue weighted by Crippen LogP contribution is -2.46. The molecule has 0 aromatic rings. The summed E-state index contributed by atoms with van der Waals surface area (Å²) in [4.78, 5) is 14.8. The zero-order chi connectivity index (χ0) is 14.0. The molecule has 0 bridgehead atoms. The average Bonchev–Trinajstić information content (AvgIpc) is 2.38. The van der Waals surface area contributed by atoms with Crippen LogP contribution >= 0.6 is 0 Å². The summed E-state index contributed by atoms with van der Waals surface area (Å²) in [5.74, 6) is 2.29. The van der Waals surface area contributed by atoms with E-state index in [0.29, 0.717) is 23.2 Å². The van der Waals surface area contributed by atoms with Gasteiger partial charge in [0, 0.05) is 19.0 Å². The van der Waals surface area contributed by atoms with E-state index in [4.69, 9.17) is 0 Å². The Balaban J connectivity index is 1.92. The Hall–Kier alpha value is -0.530. The minimum atomic E-state index is 0.329. The van der Waals surface area contributed by atoms with Crippen molar-refractivity contribution in [2.75, 3.05) is 13.1 Å². The summed E-state index contributed by atoms with van der Waals surface area (Å²) in [6, 6.07) is 0. The van der Waals surface area contributed by atoms with Gasteiger partial charge < -0.3 is 4.90 Å². The molecule has 1 amide bonds. The van der Waals surface area contributed by atoms with Crippen LogP contribution in [0.15, 0.2) is 0 Å². The summed E-state index contributed by atoms with van der Waals surface area (Å²) >= 11 is 0. The highest BCUT2D eigenvalue weighted by Crippen LogP contribution is 2.35. The van der Waals surface area contributed by atoms with Crippen LogP contribution in [0.5, 0.6) is 0 Å². The molecule has 2 aliphatic rings. The summed E-state index contributed by atoms with van der Waals surface area (Å²) in [7, 11) is 0. The molecular weight excluding hydrogens is 234 g/mol. The maximum Gasteiger partial charge on any atom is 0.225 e. The summed E-state index contributed by atoms with van der Waals surface area (Å²) in [6.07, 6.45) is 7.21. The van der Waals surface area contributed by atoms with E-state index in [-0.39, 0.29) is 0 Å². The number of hydrogen-bond donors (Lipinski definition) is 0. The molecule has 110 valence electrons. The molecule has 1 saturated heterocycles. The highest BCUT2D eigenvalue weighted by Gasteiger charge is 2.34. The molecule has 1 atom stereocenters. The van der Waals surface area contributed by atoms with Gasteiger partial charge in [-0.3, -0.25) is 4.79 Å². The fourth-order valence-electron chi connectivity index (χ4n) is 3.65. The van der Waals surface area contributed by atoms with Crippen molar-refractivity contribution in [1.82, 2.24) is 4.90 Å². The van der Waals surface area contributed by atoms with Gasteiger partial charge in [-0.2, -0.15) is 0 Å². The molecule has 0 aromatic heterocycles. The first kappa shape index (κ1) is 14.9. The first-order chi connectivity index (χ1) is 8.88. The van der Waals surface area contributed by atoms with Gasteiger partial charge in [0.1, 0.15) is 0 Å². The molecule has 19 heavy (non-hydrogen) atoms. The van der Waals surface area contributed by atoms with E-state index in [1.54, 1.807) is 0 Å². The molecule has 0 spiro atoms. The molecule has 0 N–H and O–H groups in total. The number of likely N-dealkylation sites (tertiary alicyclic amines) is 1. The molecule has 1 saturated carbocycles. The third-order valence-electron chi connectivity index (χ3n) is 5.32. The Morgan fingerprint density at radius 3 is 2.26 bits per heavy atom. The lowest BCUT2D eigenvalue weighted by atomic mass is 9.75. The smallest absolute Gasteiger partial charge is 0.225 e. The van der Waals surface area contributed by atoms with Crippen molar-refractivity contribution < 1.29 is 4.79 Å². The highest BCUT2D eigenvalue weighted by molar-refractivity contribution is 5.79. The Labute approximate surface area is 118 Å². The fourth-order valence-corrected chi connectivity index (χ4v) is 3.65. The van der Waals surface area contributed by atoms with E-state index >= 15 is 0 Å². The summed E-state index contributed by atoms with van der Waals surface area (Å²) in [5.41, 5.74) is 0.333. The molecule has 2 rings (SSSR count). The van der Waals surface area contributed by atoms with Crippen molar-refractivity contribution in [3.63, 3.8) is 0 Å². The van der Waals surface area contributed by atoms with Crippen LogP contribution < -0.4 is 0 Å². The normalized spacial score (nSPS) is 33.3. The van der Waals surface area contributed by atoms with Crippen LogP contribution in [-0.4, -0.2) is 23.9 Å². The summed E-state index contributed by atoms with van der Waals surface area (Å²) in [6.45, 7) is 11.2. The molecule has 2 nitrogen and oxygen atoms in total. The third-order valence-corrected chi connectivity index (χ3v) is 5.32. The Bertz CT molecular complexity index is 310. The van der Waals surface area contributed by atoms with Crippen LogP contribution in [0, 0.1) is 23.2 Å². The SMILES string of the molecule is CC1CCC(C(=O)N2CCCC(C(C)(C)C)C2)CC1. The van der Waals surface area contributed by atoms with E-state index in [0.717, 1.165) is 31.8 Å². The van der Waals surface area contributed by atoms with Crippen molar-refractivity contribution in [1.29, 1.82) is 0 Å². The van der Waals surface area contributed by atoms with Crippen molar-refractivity contribution in [3.8, 4) is 0 Å². The highest BCUT2D eigenvalue weighted by atomic mass is 16.2. The van der Waals surface area contributed by atoms with Crippen LogP contribution in [0.2, 0.25) is 0 Å². The number of carbonyl (C=O) groups excluding carboxylic acids is 1. The fraction of sp³-hybridized carbons (Fsp3) is 0.941. The van der Waals surface area contributed by atoms with Crippen LogP contribution in [0.1, 0.15) is 66.2 Å². The Morgan fingerprint density at radius 1 is 1.05 bits per heavy atom. The van der Waals surface area contributed by atoms with Gasteiger partial charge in [0.2, 0.25) is 5.91 Å². The molecule has 2 heteroatoms. The van der Waals surface area contributed by atoms with Gasteiger partial charge in [0.05, 0.1) is 0 Å². The first-order valence-corrected chi connectivity index (χ1v) is 8.16. The molecule has 0 radical (unpaired) electrons. The van der Waals surface area contributed by atoms with Gasteiger partial charge in [-0.05, 0) is 55.8 Å². The van der Waals surface area contributed by atoms with E-state index in [2.05, 4.69) is 32.6 Å². The second kappa shape index (κ2) is 5.85. The number of piperidine rings is 1. The number of carbonyl (C=O) groups is 1. The van der Waals surface area contributed by atoms with Gasteiger partial charge in [-0.15, -0.1) is 0 Å². The maximum absolute atomic E-state index is 12.7. The van der Waals surface area contributed by atoms with Crippen molar-refractivity contribution in [2.45, 2.75) is 66.2 Å². The lowest BCUT2D eigenvalue weighted by molar-refractivity contribution is -0.139. The molecule has 1 unspecified atom stereocenters. The molecular formula is C17H31NO. The second-order valence-electron chi connectivity index (χ2n) is 7.95. The lowest BCUT2D eigenvalue weighted by Gasteiger charge is -2.41. The van der Waals surface area contributed by atoms with E-state index in [9.17, 15) is 4.79 Å². The summed E-state index contributed by atoms with van der Waals surface area (Å²) < 4.78 is 0. The molecule has 0 aromatic carbocycles. The van der Waals surface area contributed by atoms with Crippen molar-refractivity contribution >= 4 is 5.91 Å². The standard InChI is InChI=1S/C17H31NO/c1-13-7-9-14(10-8-13)16(19)18-11-5-6-15(12-18)17(2,3)4/h13-15H,5-12H2,1-4H3. The van der Waals surface area contributed by atoms with E-state index < -0.39 is 0 Å². The molecule has 1 heterocycles. The predicted octanol–water partition coefficient (Wildman–Crippen LogP) is 4.10. The van der Waals surface area contributed by atoms with E-state index in [1.807, 2.05) is 0 Å². The van der Waals surface area contributed by atoms with Crippen LogP contribution in [0.4, 0.5) is 0 Å². The van der Waals surface area contributed by atoms with Crippen LogP contribution in [0.3, 0.4) is 0 Å². The average molecular weight is 265 g/mol. The minimum absolute atomic E-state index is 0.329. The second-order valence-corrected chi connectivity index (χ2v) is 7.95. The largest absolute Gasteiger partial charge is 0.342 e. The summed E-state index contributed by atoms with van der Waals surface area (Å²) in [5, 5.41) is 0. The number of hydrogen-bond acceptors (Lipinski definition) is 1. The monoisotopic (exact) mass is 265 g/mol. The Kier molecular flexibility index (Phi) is 4.58. The molecule has 1 aliphatic carbocycles. The van der Waals surface area contributed by atoms with E-state index in [1.165, 1.54) is 25.7 Å². The molecule has 2 fully saturated rings. The predicted molar refractivity (Wildman–Crippen MR) is 79.9 cm³/mol. The van der Waals surface area contributed by atoms with Gasteiger partial charge >= 0.3 is 0 Å². The minimum Gasteiger partial charge on any atom is -0.342 e. The number of rotatable bonds is 1. The van der Waals surface area contributed by atoms with Crippen molar-refractivity contribution in [3.05, 3.63) is 0 Å². The zero-order valence-electron chi connectivity index (χ0n) is 13.2. The van der Waals surface area contributed by atoms with Gasteiger partial charge in [-0.25, -0.2) is 0 Å². The Morgan fingerprint density at radius 2 is 1.68 bits per heavy atom. The quantitative estimate of drug-likeness (QED) is 0.699. The topological polar surface area (TPSA) is 20.3 Å². The van der Waals surface area contributed by atoms with Gasteiger partial charge in [0.15, 0.2) is 0 Å². The third kappa shape index (κ3) is 3.73. The van der Waals surface area contributed by atoms with Crippen LogP contribution in [-0.2, 0) is 4.79 Å². The number of nitrogens with zero attached hydrogens (tertiary/aromatic N) is 1. The van der Waals surface area contributed by atoms with Gasteiger partial charge in [0.25, 0.3) is 0 Å². The number of amides is 1. The van der Waals surface area contributed by atoms with Crippen LogP contribution in [0.25, 0.3) is 0 Å².